The number of carbonyl (C=O) groups excluding carboxylic acids is 1. The molecule has 2 N–H and O–H groups in total. The Morgan fingerprint density at radius 2 is 2.04 bits per heavy atom. The number of tetrazole rings is 1. The van der Waals surface area contributed by atoms with Gasteiger partial charge in [-0.05, 0) is 54.8 Å². The molecular weight excluding hydrogens is 342 g/mol. The molecular formula is C19H23N7O. The van der Waals surface area contributed by atoms with Crippen molar-refractivity contribution < 1.29 is 4.79 Å². The smallest absolute Gasteiger partial charge is 0.319 e. The number of anilines is 1. The molecule has 0 aliphatic heterocycles. The minimum atomic E-state index is -0.280. The van der Waals surface area contributed by atoms with E-state index in [0.717, 1.165) is 28.8 Å². The van der Waals surface area contributed by atoms with Gasteiger partial charge in [0, 0.05) is 17.4 Å². The van der Waals surface area contributed by atoms with E-state index in [-0.39, 0.29) is 12.1 Å². The maximum Gasteiger partial charge on any atom is 0.319 e. The molecule has 2 aromatic heterocycles. The van der Waals surface area contributed by atoms with E-state index in [9.17, 15) is 4.79 Å². The standard InChI is InChI=1S/C19H23N7O/c1-5-15(17-10-12(2)8-9-20-17)21-19(27)22-16-11-14(7-6-13(16)3)18-23-25-26(4)24-18/h6-11,15H,5H2,1-4H3,(H2,21,22,27)/t15-/m0/s1. The Morgan fingerprint density at radius 1 is 1.22 bits per heavy atom. The van der Waals surface area contributed by atoms with Crippen LogP contribution in [0.4, 0.5) is 10.5 Å². The number of amides is 2. The van der Waals surface area contributed by atoms with Crippen molar-refractivity contribution in [2.45, 2.75) is 33.2 Å². The van der Waals surface area contributed by atoms with Gasteiger partial charge in [-0.25, -0.2) is 4.79 Å². The number of nitrogens with zero attached hydrogens (tertiary/aromatic N) is 5. The van der Waals surface area contributed by atoms with E-state index in [2.05, 4.69) is 31.0 Å². The van der Waals surface area contributed by atoms with Crippen LogP contribution in [0.3, 0.4) is 0 Å². The first kappa shape index (κ1) is 18.5. The summed E-state index contributed by atoms with van der Waals surface area (Å²) in [4.78, 5) is 18.3. The lowest BCUT2D eigenvalue weighted by Crippen LogP contribution is -2.33. The quantitative estimate of drug-likeness (QED) is 0.724. The predicted molar refractivity (Wildman–Crippen MR) is 103 cm³/mol. The number of aryl methyl sites for hydroxylation is 3. The van der Waals surface area contributed by atoms with Gasteiger partial charge in [-0.2, -0.15) is 4.80 Å². The molecule has 0 saturated heterocycles. The van der Waals surface area contributed by atoms with Gasteiger partial charge in [0.05, 0.1) is 18.8 Å². The third-order valence-corrected chi connectivity index (χ3v) is 4.26. The van der Waals surface area contributed by atoms with Gasteiger partial charge >= 0.3 is 6.03 Å². The van der Waals surface area contributed by atoms with Crippen LogP contribution in [0.15, 0.2) is 36.5 Å². The number of hydrogen-bond donors (Lipinski definition) is 2. The molecule has 0 unspecified atom stereocenters. The van der Waals surface area contributed by atoms with Gasteiger partial charge in [-0.15, -0.1) is 10.2 Å². The number of urea groups is 1. The molecule has 0 bridgehead atoms. The van der Waals surface area contributed by atoms with Crippen LogP contribution in [0.1, 0.15) is 36.2 Å². The first-order valence-electron chi connectivity index (χ1n) is 8.81. The van der Waals surface area contributed by atoms with Crippen LogP contribution in [-0.4, -0.2) is 31.2 Å². The number of nitrogens with one attached hydrogen (secondary N) is 2. The Morgan fingerprint density at radius 3 is 2.70 bits per heavy atom. The summed E-state index contributed by atoms with van der Waals surface area (Å²) in [6, 6.07) is 9.15. The maximum absolute atomic E-state index is 12.5. The Balaban J connectivity index is 1.75. The summed E-state index contributed by atoms with van der Waals surface area (Å²) < 4.78 is 0. The molecule has 8 nitrogen and oxygen atoms in total. The van der Waals surface area contributed by atoms with Crippen molar-refractivity contribution in [3.05, 3.63) is 53.3 Å². The van der Waals surface area contributed by atoms with E-state index in [1.807, 2.05) is 51.1 Å². The van der Waals surface area contributed by atoms with Crippen LogP contribution >= 0.6 is 0 Å². The Kier molecular flexibility index (Phi) is 5.44. The number of pyridine rings is 1. The lowest BCUT2D eigenvalue weighted by Gasteiger charge is -2.18. The van der Waals surface area contributed by atoms with Gasteiger partial charge in [0.15, 0.2) is 0 Å². The van der Waals surface area contributed by atoms with Crippen LogP contribution in [0, 0.1) is 13.8 Å². The largest absolute Gasteiger partial charge is 0.330 e. The zero-order valence-corrected chi connectivity index (χ0v) is 15.9. The molecule has 0 aliphatic rings. The molecule has 8 heteroatoms. The Bertz CT molecular complexity index is 951. The van der Waals surface area contributed by atoms with Gasteiger partial charge in [-0.1, -0.05) is 19.1 Å². The molecule has 3 aromatic rings. The highest BCUT2D eigenvalue weighted by molar-refractivity contribution is 5.91. The van der Waals surface area contributed by atoms with Crippen LogP contribution in [-0.2, 0) is 7.05 Å². The molecule has 140 valence electrons. The van der Waals surface area contributed by atoms with Crippen molar-refractivity contribution >= 4 is 11.7 Å². The molecule has 0 aliphatic carbocycles. The molecule has 0 spiro atoms. The topological polar surface area (TPSA) is 97.6 Å². The second-order valence-corrected chi connectivity index (χ2v) is 6.45. The molecule has 3 rings (SSSR count). The first-order chi connectivity index (χ1) is 13.0. The average Bonchev–Trinajstić information content (AvgIpc) is 3.08. The van der Waals surface area contributed by atoms with Gasteiger partial charge in [0.2, 0.25) is 5.82 Å². The monoisotopic (exact) mass is 365 g/mol. The highest BCUT2D eigenvalue weighted by Crippen LogP contribution is 2.23. The highest BCUT2D eigenvalue weighted by atomic mass is 16.2. The Hall–Kier alpha value is -3.29. The zero-order chi connectivity index (χ0) is 19.4. The number of aromatic nitrogens is 5. The molecule has 2 heterocycles. The number of benzene rings is 1. The predicted octanol–water partition coefficient (Wildman–Crippen LogP) is 3.16. The number of rotatable bonds is 5. The van der Waals surface area contributed by atoms with Crippen LogP contribution < -0.4 is 10.6 Å². The summed E-state index contributed by atoms with van der Waals surface area (Å²) in [5.74, 6) is 0.511. The third kappa shape index (κ3) is 4.46. The average molecular weight is 365 g/mol. The molecule has 1 aromatic carbocycles. The highest BCUT2D eigenvalue weighted by Gasteiger charge is 2.15. The van der Waals surface area contributed by atoms with E-state index in [0.29, 0.717) is 11.5 Å². The third-order valence-electron chi connectivity index (χ3n) is 4.26. The van der Waals surface area contributed by atoms with E-state index < -0.39 is 0 Å². The molecule has 1 atom stereocenters. The fourth-order valence-electron chi connectivity index (χ4n) is 2.75. The van der Waals surface area contributed by atoms with Crippen LogP contribution in [0.25, 0.3) is 11.4 Å². The number of carbonyl (C=O) groups is 1. The second kappa shape index (κ2) is 7.94. The van der Waals surface area contributed by atoms with E-state index >= 15 is 0 Å². The summed E-state index contributed by atoms with van der Waals surface area (Å²) in [7, 11) is 1.71. The SMILES string of the molecule is CC[C@H](NC(=O)Nc1cc(-c2nnn(C)n2)ccc1C)c1cc(C)ccn1. The van der Waals surface area contributed by atoms with Crippen molar-refractivity contribution in [1.29, 1.82) is 0 Å². The van der Waals surface area contributed by atoms with Crippen molar-refractivity contribution in [3.8, 4) is 11.4 Å². The van der Waals surface area contributed by atoms with Crippen LogP contribution in [0.5, 0.6) is 0 Å². The van der Waals surface area contributed by atoms with Gasteiger partial charge in [0.1, 0.15) is 0 Å². The van der Waals surface area contributed by atoms with E-state index in [4.69, 9.17) is 0 Å². The minimum Gasteiger partial charge on any atom is -0.330 e. The summed E-state index contributed by atoms with van der Waals surface area (Å²) in [6.07, 6.45) is 2.50. The second-order valence-electron chi connectivity index (χ2n) is 6.45. The summed E-state index contributed by atoms with van der Waals surface area (Å²) >= 11 is 0. The van der Waals surface area contributed by atoms with Crippen molar-refractivity contribution in [3.63, 3.8) is 0 Å². The van der Waals surface area contributed by atoms with Crippen molar-refractivity contribution in [2.24, 2.45) is 7.05 Å². The van der Waals surface area contributed by atoms with Gasteiger partial charge in [-0.3, -0.25) is 4.98 Å². The summed E-state index contributed by atoms with van der Waals surface area (Å²) in [5, 5.41) is 18.0. The van der Waals surface area contributed by atoms with E-state index in [1.165, 1.54) is 4.80 Å². The zero-order valence-electron chi connectivity index (χ0n) is 15.9. The van der Waals surface area contributed by atoms with Crippen molar-refractivity contribution in [2.75, 3.05) is 5.32 Å². The molecule has 2 amide bonds. The molecule has 0 fully saturated rings. The first-order valence-corrected chi connectivity index (χ1v) is 8.81. The molecule has 0 radical (unpaired) electrons. The fourth-order valence-corrected chi connectivity index (χ4v) is 2.75. The molecule has 0 saturated carbocycles. The van der Waals surface area contributed by atoms with E-state index in [1.54, 1.807) is 13.2 Å². The lowest BCUT2D eigenvalue weighted by atomic mass is 10.1. The Labute approximate surface area is 158 Å². The number of hydrogen-bond acceptors (Lipinski definition) is 5. The van der Waals surface area contributed by atoms with Crippen molar-refractivity contribution in [1.82, 2.24) is 30.5 Å². The lowest BCUT2D eigenvalue weighted by molar-refractivity contribution is 0.248. The maximum atomic E-state index is 12.5. The van der Waals surface area contributed by atoms with Gasteiger partial charge in [0.25, 0.3) is 0 Å². The van der Waals surface area contributed by atoms with Gasteiger partial charge < -0.3 is 10.6 Å². The minimum absolute atomic E-state index is 0.157. The normalized spacial score (nSPS) is 11.9. The summed E-state index contributed by atoms with van der Waals surface area (Å²) in [5.41, 5.74) is 4.39. The molecule has 27 heavy (non-hydrogen) atoms. The summed E-state index contributed by atoms with van der Waals surface area (Å²) in [6.45, 7) is 5.96. The fraction of sp³-hybridized carbons (Fsp3) is 0.316. The van der Waals surface area contributed by atoms with Crippen LogP contribution in [0.2, 0.25) is 0 Å².